The van der Waals surface area contributed by atoms with Crippen molar-refractivity contribution in [2.75, 3.05) is 18.8 Å². The van der Waals surface area contributed by atoms with Crippen LogP contribution in [0.5, 0.6) is 0 Å². The lowest BCUT2D eigenvalue weighted by atomic mass is 9.98. The normalized spacial score (nSPS) is 18.8. The third-order valence-electron chi connectivity index (χ3n) is 3.45. The van der Waals surface area contributed by atoms with Crippen molar-refractivity contribution < 1.29 is 14.7 Å². The lowest BCUT2D eigenvalue weighted by Gasteiger charge is -2.30. The predicted molar refractivity (Wildman–Crippen MR) is 78.7 cm³/mol. The molecule has 1 N–H and O–H groups in total. The van der Waals surface area contributed by atoms with Crippen LogP contribution in [0, 0.1) is 5.92 Å². The Kier molecular flexibility index (Phi) is 5.47. The van der Waals surface area contributed by atoms with Gasteiger partial charge in [-0.1, -0.05) is 18.2 Å². The van der Waals surface area contributed by atoms with Gasteiger partial charge in [-0.15, -0.1) is 11.8 Å². The van der Waals surface area contributed by atoms with Crippen molar-refractivity contribution in [1.29, 1.82) is 0 Å². The summed E-state index contributed by atoms with van der Waals surface area (Å²) in [5.74, 6) is -0.383. The van der Waals surface area contributed by atoms with Gasteiger partial charge in [0, 0.05) is 30.2 Å². The molecule has 108 valence electrons. The number of nitrogens with zero attached hydrogens (tertiary/aromatic N) is 1. The predicted octanol–water partition coefficient (Wildman–Crippen LogP) is 2.49. The van der Waals surface area contributed by atoms with Crippen molar-refractivity contribution in [3.05, 3.63) is 30.3 Å². The Morgan fingerprint density at radius 1 is 1.30 bits per heavy atom. The van der Waals surface area contributed by atoms with E-state index >= 15 is 0 Å². The van der Waals surface area contributed by atoms with Crippen LogP contribution in [0.3, 0.4) is 0 Å². The van der Waals surface area contributed by atoms with Crippen LogP contribution in [0.1, 0.15) is 19.3 Å². The Balaban J connectivity index is 1.75. The summed E-state index contributed by atoms with van der Waals surface area (Å²) in [4.78, 5) is 25.9. The number of carboxylic acids is 1. The van der Waals surface area contributed by atoms with E-state index in [1.54, 1.807) is 16.7 Å². The molecular weight excluding hydrogens is 274 g/mol. The van der Waals surface area contributed by atoms with E-state index in [-0.39, 0.29) is 5.91 Å². The van der Waals surface area contributed by atoms with Crippen LogP contribution >= 0.6 is 11.8 Å². The molecule has 4 nitrogen and oxygen atoms in total. The van der Waals surface area contributed by atoms with Crippen LogP contribution in [0.4, 0.5) is 0 Å². The SMILES string of the molecule is O=C(O)[C@H]1CCCN(C(=O)CCSc2ccccc2)C1. The van der Waals surface area contributed by atoms with Crippen LogP contribution in [0.25, 0.3) is 0 Å². The maximum absolute atomic E-state index is 12.1. The Bertz CT molecular complexity index is 463. The molecule has 2 rings (SSSR count). The number of carboxylic acid groups (broad SMARTS) is 1. The minimum absolute atomic E-state index is 0.0689. The molecule has 0 radical (unpaired) electrons. The summed E-state index contributed by atoms with van der Waals surface area (Å²) in [5, 5.41) is 9.02. The van der Waals surface area contributed by atoms with E-state index in [0.717, 1.165) is 17.1 Å². The number of thioether (sulfide) groups is 1. The summed E-state index contributed by atoms with van der Waals surface area (Å²) in [5.41, 5.74) is 0. The highest BCUT2D eigenvalue weighted by Gasteiger charge is 2.27. The third kappa shape index (κ3) is 4.27. The topological polar surface area (TPSA) is 57.6 Å². The lowest BCUT2D eigenvalue weighted by Crippen LogP contribution is -2.42. The molecule has 20 heavy (non-hydrogen) atoms. The number of carbonyl (C=O) groups excluding carboxylic acids is 1. The maximum Gasteiger partial charge on any atom is 0.308 e. The fourth-order valence-corrected chi connectivity index (χ4v) is 3.20. The number of carbonyl (C=O) groups is 2. The molecule has 0 saturated carbocycles. The first kappa shape index (κ1) is 14.9. The molecule has 1 heterocycles. The molecule has 0 aliphatic carbocycles. The van der Waals surface area contributed by atoms with Crippen LogP contribution in [-0.4, -0.2) is 40.7 Å². The van der Waals surface area contributed by atoms with E-state index in [1.807, 2.05) is 30.3 Å². The molecule has 1 aliphatic heterocycles. The number of aliphatic carboxylic acids is 1. The van der Waals surface area contributed by atoms with Gasteiger partial charge < -0.3 is 10.0 Å². The Hall–Kier alpha value is -1.49. The fourth-order valence-electron chi connectivity index (χ4n) is 2.34. The number of rotatable bonds is 5. The summed E-state index contributed by atoms with van der Waals surface area (Å²) in [7, 11) is 0. The van der Waals surface area contributed by atoms with Gasteiger partial charge in [0.2, 0.25) is 5.91 Å². The first-order chi connectivity index (χ1) is 9.66. The minimum atomic E-state index is -0.791. The first-order valence-electron chi connectivity index (χ1n) is 6.85. The monoisotopic (exact) mass is 293 g/mol. The maximum atomic E-state index is 12.1. The molecule has 0 bridgehead atoms. The van der Waals surface area contributed by atoms with Crippen molar-refractivity contribution in [1.82, 2.24) is 4.90 Å². The van der Waals surface area contributed by atoms with Crippen LogP contribution in [-0.2, 0) is 9.59 Å². The average molecular weight is 293 g/mol. The summed E-state index contributed by atoms with van der Waals surface area (Å²) in [6.07, 6.45) is 1.93. The molecule has 1 fully saturated rings. The Morgan fingerprint density at radius 2 is 2.05 bits per heavy atom. The Morgan fingerprint density at radius 3 is 2.75 bits per heavy atom. The molecule has 1 atom stereocenters. The average Bonchev–Trinajstić information content (AvgIpc) is 2.48. The Labute approximate surface area is 123 Å². The molecule has 1 aliphatic rings. The molecule has 1 saturated heterocycles. The highest BCUT2D eigenvalue weighted by atomic mass is 32.2. The van der Waals surface area contributed by atoms with Gasteiger partial charge >= 0.3 is 5.97 Å². The largest absolute Gasteiger partial charge is 0.481 e. The number of likely N-dealkylation sites (tertiary alicyclic amines) is 1. The molecule has 0 spiro atoms. The van der Waals surface area contributed by atoms with Gasteiger partial charge in [-0.2, -0.15) is 0 Å². The van der Waals surface area contributed by atoms with E-state index in [4.69, 9.17) is 5.11 Å². The van der Waals surface area contributed by atoms with E-state index < -0.39 is 11.9 Å². The van der Waals surface area contributed by atoms with E-state index in [2.05, 4.69) is 0 Å². The lowest BCUT2D eigenvalue weighted by molar-refractivity contribution is -0.145. The zero-order valence-corrected chi connectivity index (χ0v) is 12.1. The van der Waals surface area contributed by atoms with Crippen molar-refractivity contribution in [3.63, 3.8) is 0 Å². The van der Waals surface area contributed by atoms with Crippen molar-refractivity contribution in [2.45, 2.75) is 24.2 Å². The molecule has 5 heteroatoms. The molecule has 0 aromatic heterocycles. The zero-order valence-electron chi connectivity index (χ0n) is 11.3. The highest BCUT2D eigenvalue weighted by Crippen LogP contribution is 2.20. The minimum Gasteiger partial charge on any atom is -0.481 e. The van der Waals surface area contributed by atoms with Crippen LogP contribution in [0.15, 0.2) is 35.2 Å². The second-order valence-corrected chi connectivity index (χ2v) is 6.10. The standard InChI is InChI=1S/C15H19NO3S/c17-14(8-10-20-13-6-2-1-3-7-13)16-9-4-5-12(11-16)15(18)19/h1-3,6-7,12H,4-5,8-11H2,(H,18,19)/t12-/m0/s1. The van der Waals surface area contributed by atoms with Crippen molar-refractivity contribution in [3.8, 4) is 0 Å². The molecule has 1 aromatic carbocycles. The van der Waals surface area contributed by atoms with Gasteiger partial charge in [0.1, 0.15) is 0 Å². The quantitative estimate of drug-likeness (QED) is 0.847. The molecule has 0 unspecified atom stereocenters. The van der Waals surface area contributed by atoms with Gasteiger partial charge in [0.25, 0.3) is 0 Å². The second-order valence-electron chi connectivity index (χ2n) is 4.93. The number of hydrogen-bond acceptors (Lipinski definition) is 3. The zero-order chi connectivity index (χ0) is 14.4. The summed E-state index contributed by atoms with van der Waals surface area (Å²) in [6, 6.07) is 9.97. The van der Waals surface area contributed by atoms with Gasteiger partial charge in [-0.3, -0.25) is 9.59 Å². The van der Waals surface area contributed by atoms with Gasteiger partial charge in [0.05, 0.1) is 5.92 Å². The van der Waals surface area contributed by atoms with Crippen LogP contribution in [0.2, 0.25) is 0 Å². The van der Waals surface area contributed by atoms with E-state index in [1.165, 1.54) is 0 Å². The van der Waals surface area contributed by atoms with Gasteiger partial charge in [-0.05, 0) is 25.0 Å². The highest BCUT2D eigenvalue weighted by molar-refractivity contribution is 7.99. The number of hydrogen-bond donors (Lipinski definition) is 1. The molecule has 1 amide bonds. The molecule has 1 aromatic rings. The second kappa shape index (κ2) is 7.33. The number of piperidine rings is 1. The summed E-state index contributed by atoms with van der Waals surface area (Å²) < 4.78 is 0. The van der Waals surface area contributed by atoms with Crippen LogP contribution < -0.4 is 0 Å². The first-order valence-corrected chi connectivity index (χ1v) is 7.84. The summed E-state index contributed by atoms with van der Waals surface area (Å²) in [6.45, 7) is 1.06. The van der Waals surface area contributed by atoms with E-state index in [0.29, 0.717) is 25.9 Å². The smallest absolute Gasteiger partial charge is 0.308 e. The third-order valence-corrected chi connectivity index (χ3v) is 4.46. The van der Waals surface area contributed by atoms with Crippen molar-refractivity contribution >= 4 is 23.6 Å². The summed E-state index contributed by atoms with van der Waals surface area (Å²) >= 11 is 1.66. The van der Waals surface area contributed by atoms with E-state index in [9.17, 15) is 9.59 Å². The van der Waals surface area contributed by atoms with Gasteiger partial charge in [0.15, 0.2) is 0 Å². The molecular formula is C15H19NO3S. The number of benzene rings is 1. The van der Waals surface area contributed by atoms with Gasteiger partial charge in [-0.25, -0.2) is 0 Å². The van der Waals surface area contributed by atoms with Crippen molar-refractivity contribution in [2.24, 2.45) is 5.92 Å². The number of amides is 1. The fraction of sp³-hybridized carbons (Fsp3) is 0.467.